The normalized spacial score (nSPS) is 10.3. The number of amides is 1. The largest absolute Gasteiger partial charge is 0.497 e. The zero-order valence-corrected chi connectivity index (χ0v) is 15.9. The summed E-state index contributed by atoms with van der Waals surface area (Å²) < 4.78 is 5.15. The first-order valence-electron chi connectivity index (χ1n) is 8.45. The van der Waals surface area contributed by atoms with E-state index >= 15 is 0 Å². The quantitative estimate of drug-likeness (QED) is 0.636. The number of ether oxygens (including phenoxy) is 1. The Morgan fingerprint density at radius 1 is 1.11 bits per heavy atom. The maximum absolute atomic E-state index is 12.4. The van der Waals surface area contributed by atoms with Crippen molar-refractivity contribution in [1.82, 2.24) is 4.98 Å². The maximum atomic E-state index is 12.4. The van der Waals surface area contributed by atoms with Crippen LogP contribution in [0.4, 0.5) is 11.5 Å². The minimum absolute atomic E-state index is 0.213. The van der Waals surface area contributed by atoms with Crippen molar-refractivity contribution < 1.29 is 9.53 Å². The molecule has 5 nitrogen and oxygen atoms in total. The highest BCUT2D eigenvalue weighted by Crippen LogP contribution is 2.20. The minimum atomic E-state index is -0.213. The van der Waals surface area contributed by atoms with E-state index in [4.69, 9.17) is 16.3 Å². The van der Waals surface area contributed by atoms with Gasteiger partial charge in [0.25, 0.3) is 5.91 Å². The molecule has 0 aliphatic rings. The van der Waals surface area contributed by atoms with Gasteiger partial charge in [-0.2, -0.15) is 0 Å². The average molecular weight is 382 g/mol. The van der Waals surface area contributed by atoms with Crippen LogP contribution in [-0.4, -0.2) is 18.0 Å². The van der Waals surface area contributed by atoms with E-state index < -0.39 is 0 Å². The number of halogens is 1. The number of aromatic nitrogens is 1. The molecule has 0 saturated heterocycles. The van der Waals surface area contributed by atoms with Gasteiger partial charge in [-0.15, -0.1) is 0 Å². The van der Waals surface area contributed by atoms with Crippen molar-refractivity contribution in [2.24, 2.45) is 0 Å². The molecule has 3 rings (SSSR count). The molecule has 0 atom stereocenters. The Hall–Kier alpha value is -3.05. The van der Waals surface area contributed by atoms with E-state index in [0.29, 0.717) is 22.9 Å². The molecule has 1 heterocycles. The lowest BCUT2D eigenvalue weighted by molar-refractivity contribution is 0.102. The van der Waals surface area contributed by atoms with Gasteiger partial charge in [0.1, 0.15) is 11.6 Å². The first-order chi connectivity index (χ1) is 13.0. The Bertz CT molecular complexity index is 925. The molecule has 6 heteroatoms. The van der Waals surface area contributed by atoms with E-state index in [1.807, 2.05) is 37.3 Å². The van der Waals surface area contributed by atoms with Crippen molar-refractivity contribution in [3.05, 3.63) is 82.5 Å². The van der Waals surface area contributed by atoms with Gasteiger partial charge in [0, 0.05) is 23.5 Å². The fourth-order valence-corrected chi connectivity index (χ4v) is 2.76. The molecule has 27 heavy (non-hydrogen) atoms. The standard InChI is InChI=1S/C21H20ClN3O2/c1-14-11-17(22)6-9-19(14)25-21(26)16-5-10-20(24-13-16)23-12-15-3-7-18(27-2)8-4-15/h3-11,13H,12H2,1-2H3,(H,23,24)(H,25,26). The topological polar surface area (TPSA) is 63.2 Å². The molecule has 0 radical (unpaired) electrons. The SMILES string of the molecule is COc1ccc(CNc2ccc(C(=O)Nc3ccc(Cl)cc3C)cn2)cc1. The van der Waals surface area contributed by atoms with Crippen molar-refractivity contribution >= 4 is 29.0 Å². The Balaban J connectivity index is 1.59. The van der Waals surface area contributed by atoms with Gasteiger partial charge in [-0.05, 0) is 60.5 Å². The van der Waals surface area contributed by atoms with Crippen LogP contribution in [0.25, 0.3) is 0 Å². The van der Waals surface area contributed by atoms with Gasteiger partial charge in [-0.25, -0.2) is 4.98 Å². The summed E-state index contributed by atoms with van der Waals surface area (Å²) in [6, 6.07) is 16.7. The molecule has 138 valence electrons. The van der Waals surface area contributed by atoms with Gasteiger partial charge < -0.3 is 15.4 Å². The summed E-state index contributed by atoms with van der Waals surface area (Å²) in [6.45, 7) is 2.53. The molecule has 0 bridgehead atoms. The predicted octanol–water partition coefficient (Wildman–Crippen LogP) is 4.92. The zero-order chi connectivity index (χ0) is 19.2. The number of rotatable bonds is 6. The van der Waals surface area contributed by atoms with E-state index in [0.717, 1.165) is 22.6 Å². The fraction of sp³-hybridized carbons (Fsp3) is 0.143. The zero-order valence-electron chi connectivity index (χ0n) is 15.1. The molecule has 0 unspecified atom stereocenters. The molecule has 3 aromatic rings. The van der Waals surface area contributed by atoms with Crippen LogP contribution in [0.5, 0.6) is 5.75 Å². The summed E-state index contributed by atoms with van der Waals surface area (Å²) in [5.74, 6) is 1.31. The van der Waals surface area contributed by atoms with Crippen LogP contribution in [0.1, 0.15) is 21.5 Å². The first-order valence-corrected chi connectivity index (χ1v) is 8.83. The van der Waals surface area contributed by atoms with Gasteiger partial charge in [0.2, 0.25) is 0 Å². The number of pyridine rings is 1. The van der Waals surface area contributed by atoms with E-state index in [-0.39, 0.29) is 5.91 Å². The maximum Gasteiger partial charge on any atom is 0.257 e. The Labute approximate surface area is 163 Å². The number of hydrogen-bond donors (Lipinski definition) is 2. The second-order valence-corrected chi connectivity index (χ2v) is 6.48. The highest BCUT2D eigenvalue weighted by Gasteiger charge is 2.09. The molecule has 0 aliphatic heterocycles. The van der Waals surface area contributed by atoms with Crippen molar-refractivity contribution in [3.8, 4) is 5.75 Å². The number of hydrogen-bond acceptors (Lipinski definition) is 4. The van der Waals surface area contributed by atoms with Gasteiger partial charge in [0.05, 0.1) is 12.7 Å². The lowest BCUT2D eigenvalue weighted by atomic mass is 10.2. The lowest BCUT2D eigenvalue weighted by Gasteiger charge is -2.10. The molecule has 2 N–H and O–H groups in total. The van der Waals surface area contributed by atoms with E-state index in [1.165, 1.54) is 0 Å². The minimum Gasteiger partial charge on any atom is -0.497 e. The van der Waals surface area contributed by atoms with Crippen molar-refractivity contribution in [1.29, 1.82) is 0 Å². The van der Waals surface area contributed by atoms with Crippen LogP contribution in [0.2, 0.25) is 5.02 Å². The Morgan fingerprint density at radius 2 is 1.89 bits per heavy atom. The molecule has 0 fully saturated rings. The van der Waals surface area contributed by atoms with Gasteiger partial charge in [-0.3, -0.25) is 4.79 Å². The number of anilines is 2. The highest BCUT2D eigenvalue weighted by molar-refractivity contribution is 6.30. The van der Waals surface area contributed by atoms with Crippen LogP contribution in [0.3, 0.4) is 0 Å². The summed E-state index contributed by atoms with van der Waals surface area (Å²) in [5, 5.41) is 6.74. The number of nitrogens with one attached hydrogen (secondary N) is 2. The van der Waals surface area contributed by atoms with Gasteiger partial charge in [-0.1, -0.05) is 23.7 Å². The van der Waals surface area contributed by atoms with E-state index in [9.17, 15) is 4.79 Å². The number of carbonyl (C=O) groups is 1. The van der Waals surface area contributed by atoms with E-state index in [2.05, 4.69) is 15.6 Å². The number of carbonyl (C=O) groups excluding carboxylic acids is 1. The average Bonchev–Trinajstić information content (AvgIpc) is 2.69. The van der Waals surface area contributed by atoms with Crippen LogP contribution < -0.4 is 15.4 Å². The van der Waals surface area contributed by atoms with Crippen molar-refractivity contribution in [2.75, 3.05) is 17.7 Å². The van der Waals surface area contributed by atoms with Crippen LogP contribution >= 0.6 is 11.6 Å². The second kappa shape index (κ2) is 8.56. The first kappa shape index (κ1) is 18.7. The number of benzene rings is 2. The van der Waals surface area contributed by atoms with Gasteiger partial charge in [0.15, 0.2) is 0 Å². The van der Waals surface area contributed by atoms with Crippen LogP contribution in [0, 0.1) is 6.92 Å². The summed E-state index contributed by atoms with van der Waals surface area (Å²) in [4.78, 5) is 16.7. The third kappa shape index (κ3) is 4.99. The Kier molecular flexibility index (Phi) is 5.94. The third-order valence-electron chi connectivity index (χ3n) is 4.10. The molecule has 1 aromatic heterocycles. The van der Waals surface area contributed by atoms with Crippen LogP contribution in [-0.2, 0) is 6.54 Å². The van der Waals surface area contributed by atoms with Crippen molar-refractivity contribution in [3.63, 3.8) is 0 Å². The molecule has 0 spiro atoms. The molecule has 1 amide bonds. The third-order valence-corrected chi connectivity index (χ3v) is 4.33. The highest BCUT2D eigenvalue weighted by atomic mass is 35.5. The lowest BCUT2D eigenvalue weighted by Crippen LogP contribution is -2.13. The molecule has 0 aliphatic carbocycles. The summed E-state index contributed by atoms with van der Waals surface area (Å²) in [6.07, 6.45) is 1.55. The van der Waals surface area contributed by atoms with Crippen molar-refractivity contribution in [2.45, 2.75) is 13.5 Å². The molecule has 2 aromatic carbocycles. The molecule has 0 saturated carbocycles. The number of aryl methyl sites for hydroxylation is 1. The van der Waals surface area contributed by atoms with Crippen LogP contribution in [0.15, 0.2) is 60.8 Å². The molecular formula is C21H20ClN3O2. The smallest absolute Gasteiger partial charge is 0.257 e. The predicted molar refractivity (Wildman–Crippen MR) is 109 cm³/mol. The Morgan fingerprint density at radius 3 is 2.52 bits per heavy atom. The second-order valence-electron chi connectivity index (χ2n) is 6.05. The summed E-state index contributed by atoms with van der Waals surface area (Å²) in [5.41, 5.74) is 3.23. The molecular weight excluding hydrogens is 362 g/mol. The number of nitrogens with zero attached hydrogens (tertiary/aromatic N) is 1. The summed E-state index contributed by atoms with van der Waals surface area (Å²) in [7, 11) is 1.64. The monoisotopic (exact) mass is 381 g/mol. The number of methoxy groups -OCH3 is 1. The summed E-state index contributed by atoms with van der Waals surface area (Å²) >= 11 is 5.94. The van der Waals surface area contributed by atoms with Gasteiger partial charge >= 0.3 is 0 Å². The van der Waals surface area contributed by atoms with E-state index in [1.54, 1.807) is 37.6 Å². The fourth-order valence-electron chi connectivity index (χ4n) is 2.53.